The first-order chi connectivity index (χ1) is 15.7. The summed E-state index contributed by atoms with van der Waals surface area (Å²) in [6.07, 6.45) is 8.62. The molecule has 4 heteroatoms. The highest BCUT2D eigenvalue weighted by molar-refractivity contribution is 5.42. The number of fused-ring (bicyclic) bond motifs is 6. The van der Waals surface area contributed by atoms with Crippen molar-refractivity contribution in [3.8, 4) is 0 Å². The zero-order valence-electron chi connectivity index (χ0n) is 19.5. The monoisotopic (exact) mass is 430 g/mol. The van der Waals surface area contributed by atoms with Crippen LogP contribution in [-0.4, -0.2) is 48.2 Å². The Balaban J connectivity index is 1.06. The molecule has 6 saturated heterocycles. The van der Waals surface area contributed by atoms with Crippen LogP contribution in [0.3, 0.4) is 0 Å². The zero-order chi connectivity index (χ0) is 21.4. The van der Waals surface area contributed by atoms with Crippen molar-refractivity contribution < 1.29 is 8.97 Å². The summed E-state index contributed by atoms with van der Waals surface area (Å²) in [4.78, 5) is 0. The molecule has 6 aliphatic rings. The van der Waals surface area contributed by atoms with Gasteiger partial charge in [0.1, 0.15) is 13.1 Å². The van der Waals surface area contributed by atoms with Gasteiger partial charge in [0.2, 0.25) is 0 Å². The van der Waals surface area contributed by atoms with E-state index >= 15 is 0 Å². The molecule has 6 aliphatic heterocycles. The van der Waals surface area contributed by atoms with E-state index in [-0.39, 0.29) is 0 Å². The number of piperidine rings is 6. The van der Waals surface area contributed by atoms with Crippen LogP contribution in [0.25, 0.3) is 0 Å². The third-order valence-corrected chi connectivity index (χ3v) is 9.26. The lowest BCUT2D eigenvalue weighted by molar-refractivity contribution is -0.955. The number of quaternary nitrogens is 2. The summed E-state index contributed by atoms with van der Waals surface area (Å²) >= 11 is 0. The van der Waals surface area contributed by atoms with Crippen molar-refractivity contribution in [1.29, 1.82) is 0 Å². The number of rotatable bonds is 6. The molecule has 0 saturated carbocycles. The van der Waals surface area contributed by atoms with Gasteiger partial charge < -0.3 is 8.97 Å². The smallest absolute Gasteiger partial charge is 0.104 e. The fourth-order valence-corrected chi connectivity index (χ4v) is 6.98. The van der Waals surface area contributed by atoms with Crippen molar-refractivity contribution in [2.45, 2.75) is 51.6 Å². The van der Waals surface area contributed by atoms with Crippen LogP contribution in [0.5, 0.6) is 0 Å². The third-order valence-electron chi connectivity index (χ3n) is 9.26. The van der Waals surface area contributed by atoms with Gasteiger partial charge in [-0.15, -0.1) is 0 Å². The van der Waals surface area contributed by atoms with E-state index in [9.17, 15) is 0 Å². The Morgan fingerprint density at radius 2 is 0.812 bits per heavy atom. The van der Waals surface area contributed by atoms with E-state index in [1.807, 2.05) is 0 Å². The van der Waals surface area contributed by atoms with Crippen LogP contribution in [-0.2, 0) is 13.1 Å². The molecule has 8 rings (SSSR count). The van der Waals surface area contributed by atoms with Crippen LogP contribution in [0.4, 0.5) is 11.4 Å². The maximum Gasteiger partial charge on any atom is 0.104 e. The quantitative estimate of drug-likeness (QED) is 0.376. The van der Waals surface area contributed by atoms with E-state index in [0.29, 0.717) is 0 Å². The summed E-state index contributed by atoms with van der Waals surface area (Å²) in [5, 5.41) is 9.01. The Morgan fingerprint density at radius 1 is 0.500 bits per heavy atom. The van der Waals surface area contributed by atoms with Gasteiger partial charge in [0.05, 0.1) is 50.6 Å². The Labute approximate surface area is 193 Å². The van der Waals surface area contributed by atoms with Crippen molar-refractivity contribution in [3.63, 3.8) is 0 Å². The van der Waals surface area contributed by atoms with Gasteiger partial charge in [-0.3, -0.25) is 0 Å². The molecule has 168 valence electrons. The second kappa shape index (κ2) is 8.39. The highest BCUT2D eigenvalue weighted by atomic mass is 15.4. The number of hydrogen-bond donors (Lipinski definition) is 0. The average Bonchev–Trinajstić information content (AvgIpc) is 2.86. The first-order valence-corrected chi connectivity index (χ1v) is 13.0. The van der Waals surface area contributed by atoms with E-state index in [4.69, 9.17) is 0 Å². The van der Waals surface area contributed by atoms with Gasteiger partial charge in [-0.05, 0) is 74.6 Å². The van der Waals surface area contributed by atoms with Crippen molar-refractivity contribution in [1.82, 2.24) is 0 Å². The average molecular weight is 431 g/mol. The van der Waals surface area contributed by atoms with Gasteiger partial charge in [0.15, 0.2) is 0 Å². The molecule has 0 unspecified atom stereocenters. The molecule has 0 radical (unpaired) electrons. The molecule has 4 nitrogen and oxygen atoms in total. The second-order valence-electron chi connectivity index (χ2n) is 11.3. The Morgan fingerprint density at radius 3 is 1.12 bits per heavy atom. The van der Waals surface area contributed by atoms with Gasteiger partial charge in [0.25, 0.3) is 0 Å². The molecule has 0 aliphatic carbocycles. The topological polar surface area (TPSA) is 24.7 Å². The normalized spacial score (nSPS) is 33.8. The number of hydrogen-bond acceptors (Lipinski definition) is 2. The highest BCUT2D eigenvalue weighted by Crippen LogP contribution is 2.36. The maximum atomic E-state index is 4.51. The van der Waals surface area contributed by atoms with Crippen LogP contribution >= 0.6 is 0 Å². The molecule has 2 aromatic carbocycles. The van der Waals surface area contributed by atoms with Crippen LogP contribution in [0, 0.1) is 11.8 Å². The number of nitrogens with zero attached hydrogens (tertiary/aromatic N) is 4. The Hall–Kier alpha value is -2.04. The second-order valence-corrected chi connectivity index (χ2v) is 11.3. The van der Waals surface area contributed by atoms with Gasteiger partial charge in [0, 0.05) is 11.1 Å². The summed E-state index contributed by atoms with van der Waals surface area (Å²) < 4.78 is 2.62. The van der Waals surface area contributed by atoms with Crippen LogP contribution in [0.1, 0.15) is 49.7 Å². The van der Waals surface area contributed by atoms with E-state index in [2.05, 4.69) is 58.8 Å². The number of azo groups is 1. The van der Waals surface area contributed by atoms with Crippen molar-refractivity contribution >= 4 is 11.4 Å². The first kappa shape index (κ1) is 20.6. The molecule has 6 heterocycles. The molecule has 32 heavy (non-hydrogen) atoms. The third kappa shape index (κ3) is 4.27. The summed E-state index contributed by atoms with van der Waals surface area (Å²) in [6.45, 7) is 10.6. The van der Waals surface area contributed by atoms with E-state index in [0.717, 1.165) is 23.2 Å². The first-order valence-electron chi connectivity index (χ1n) is 13.0. The van der Waals surface area contributed by atoms with E-state index in [1.165, 1.54) is 111 Å². The van der Waals surface area contributed by atoms with Crippen LogP contribution < -0.4 is 0 Å². The largest absolute Gasteiger partial charge is 0.320 e. The predicted octanol–water partition coefficient (Wildman–Crippen LogP) is 6.36. The van der Waals surface area contributed by atoms with Gasteiger partial charge in [-0.2, -0.15) is 10.2 Å². The van der Waals surface area contributed by atoms with Crippen molar-refractivity contribution in [2.75, 3.05) is 39.3 Å². The summed E-state index contributed by atoms with van der Waals surface area (Å²) in [7, 11) is 0. The molecular formula is C28H38N4+2. The fraction of sp³-hybridized carbons (Fsp3) is 0.571. The molecular weight excluding hydrogens is 392 g/mol. The molecule has 0 N–H and O–H groups in total. The van der Waals surface area contributed by atoms with Crippen molar-refractivity contribution in [3.05, 3.63) is 59.7 Å². The summed E-state index contributed by atoms with van der Waals surface area (Å²) in [6, 6.07) is 17.6. The molecule has 6 fully saturated rings. The Kier molecular flexibility index (Phi) is 5.39. The fourth-order valence-electron chi connectivity index (χ4n) is 6.98. The molecule has 0 aromatic heterocycles. The van der Waals surface area contributed by atoms with Crippen molar-refractivity contribution in [2.24, 2.45) is 22.1 Å². The lowest BCUT2D eigenvalue weighted by Gasteiger charge is -2.49. The lowest BCUT2D eigenvalue weighted by Crippen LogP contribution is -2.57. The lowest BCUT2D eigenvalue weighted by atomic mass is 9.85. The van der Waals surface area contributed by atoms with Gasteiger partial charge in [-0.25, -0.2) is 0 Å². The van der Waals surface area contributed by atoms with E-state index < -0.39 is 0 Å². The zero-order valence-corrected chi connectivity index (χ0v) is 19.5. The van der Waals surface area contributed by atoms with Crippen LogP contribution in [0.15, 0.2) is 58.8 Å². The minimum absolute atomic E-state index is 0.949. The number of benzene rings is 2. The van der Waals surface area contributed by atoms with Gasteiger partial charge in [-0.1, -0.05) is 24.3 Å². The summed E-state index contributed by atoms with van der Waals surface area (Å²) in [5.74, 6) is 2.04. The molecule has 4 bridgehead atoms. The highest BCUT2D eigenvalue weighted by Gasteiger charge is 2.40. The van der Waals surface area contributed by atoms with Crippen LogP contribution in [0.2, 0.25) is 0 Å². The minimum atomic E-state index is 0.949. The van der Waals surface area contributed by atoms with E-state index in [1.54, 1.807) is 0 Å². The van der Waals surface area contributed by atoms with Gasteiger partial charge >= 0.3 is 0 Å². The molecule has 2 aromatic rings. The minimum Gasteiger partial charge on any atom is -0.320 e. The predicted molar refractivity (Wildman–Crippen MR) is 129 cm³/mol. The molecule has 0 atom stereocenters. The Bertz CT molecular complexity index is 839. The maximum absolute atomic E-state index is 4.51. The standard InChI is InChI=1S/C28H38N4/c1-5-27(6-2-25(1)21-31-15-9-23(10-16-31)11-17-31)29-30-28-7-3-26(4-8-28)22-32-18-12-24(13-19-32)14-20-32/h1-8,23-24H,9-22H2/q+2. The molecule has 0 amide bonds. The summed E-state index contributed by atoms with van der Waals surface area (Å²) in [5.41, 5.74) is 4.79. The molecule has 0 spiro atoms. The SMILES string of the molecule is c1cc(N=Nc2ccc(C[N+]34CCC(CC3)CC4)cc2)ccc1C[N+]12CCC(CC1)CC2.